The van der Waals surface area contributed by atoms with E-state index >= 15 is 0 Å². The molecule has 0 saturated heterocycles. The fourth-order valence-electron chi connectivity index (χ4n) is 2.40. The molecule has 0 fully saturated rings. The second-order valence-electron chi connectivity index (χ2n) is 5.03. The van der Waals surface area contributed by atoms with Crippen molar-refractivity contribution in [3.63, 3.8) is 0 Å². The number of rotatable bonds is 4. The van der Waals surface area contributed by atoms with Crippen LogP contribution in [-0.4, -0.2) is 11.6 Å². The standard InChI is InChI=1S/C18H17BrN2O.ClH/c1-3-22-13-8-9-16-14(11-13)18(10-12(2)20-16)21-17-7-5-4-6-15(17)19;/h4-11H,3H2,1-2H3,(H,20,21);1H. The molecule has 3 nitrogen and oxygen atoms in total. The highest BCUT2D eigenvalue weighted by Gasteiger charge is 2.07. The van der Waals surface area contributed by atoms with E-state index in [1.165, 1.54) is 0 Å². The maximum Gasteiger partial charge on any atom is 0.120 e. The molecule has 0 aliphatic heterocycles. The van der Waals surface area contributed by atoms with Crippen LogP contribution in [0.4, 0.5) is 11.4 Å². The monoisotopic (exact) mass is 392 g/mol. The number of anilines is 2. The van der Waals surface area contributed by atoms with Gasteiger partial charge in [0.15, 0.2) is 0 Å². The number of benzene rings is 2. The van der Waals surface area contributed by atoms with Gasteiger partial charge in [-0.1, -0.05) is 12.1 Å². The molecule has 1 aromatic heterocycles. The van der Waals surface area contributed by atoms with Gasteiger partial charge in [0.2, 0.25) is 0 Å². The van der Waals surface area contributed by atoms with E-state index in [4.69, 9.17) is 4.74 Å². The van der Waals surface area contributed by atoms with E-state index in [2.05, 4.69) is 32.3 Å². The highest BCUT2D eigenvalue weighted by atomic mass is 79.9. The van der Waals surface area contributed by atoms with Crippen LogP contribution < -0.4 is 10.1 Å². The molecule has 1 heterocycles. The molecule has 0 saturated carbocycles. The lowest BCUT2D eigenvalue weighted by molar-refractivity contribution is 0.340. The second-order valence-corrected chi connectivity index (χ2v) is 5.88. The zero-order valence-electron chi connectivity index (χ0n) is 13.0. The lowest BCUT2D eigenvalue weighted by Gasteiger charge is -2.13. The molecule has 0 bridgehead atoms. The molecular weight excluding hydrogens is 376 g/mol. The summed E-state index contributed by atoms with van der Waals surface area (Å²) in [6.07, 6.45) is 0. The number of pyridine rings is 1. The van der Waals surface area contributed by atoms with E-state index in [-0.39, 0.29) is 12.4 Å². The Balaban J connectivity index is 0.00000192. The summed E-state index contributed by atoms with van der Waals surface area (Å²) in [6.45, 7) is 4.64. The zero-order chi connectivity index (χ0) is 15.5. The minimum atomic E-state index is 0. The largest absolute Gasteiger partial charge is 0.494 e. The van der Waals surface area contributed by atoms with Crippen molar-refractivity contribution in [2.24, 2.45) is 0 Å². The first-order valence-corrected chi connectivity index (χ1v) is 8.02. The molecule has 1 N–H and O–H groups in total. The quantitative estimate of drug-likeness (QED) is 0.602. The third kappa shape index (κ3) is 3.95. The minimum Gasteiger partial charge on any atom is -0.494 e. The molecule has 0 aliphatic rings. The van der Waals surface area contributed by atoms with E-state index in [0.717, 1.165) is 38.2 Å². The van der Waals surface area contributed by atoms with Crippen molar-refractivity contribution in [3.05, 3.63) is 58.7 Å². The van der Waals surface area contributed by atoms with Gasteiger partial charge in [-0.2, -0.15) is 0 Å². The van der Waals surface area contributed by atoms with Crippen LogP contribution >= 0.6 is 28.3 Å². The molecule has 0 unspecified atom stereocenters. The lowest BCUT2D eigenvalue weighted by atomic mass is 10.1. The first-order valence-electron chi connectivity index (χ1n) is 7.23. The number of nitrogens with zero attached hydrogens (tertiary/aromatic N) is 1. The molecule has 0 radical (unpaired) electrons. The molecule has 23 heavy (non-hydrogen) atoms. The van der Waals surface area contributed by atoms with Crippen molar-refractivity contribution in [1.29, 1.82) is 0 Å². The van der Waals surface area contributed by atoms with Crippen LogP contribution in [0.3, 0.4) is 0 Å². The number of fused-ring (bicyclic) bond motifs is 1. The third-order valence-corrected chi connectivity index (χ3v) is 4.05. The molecule has 0 spiro atoms. The maximum atomic E-state index is 5.61. The predicted octanol–water partition coefficient (Wildman–Crippen LogP) is 5.87. The molecule has 2 aromatic carbocycles. The van der Waals surface area contributed by atoms with Gasteiger partial charge in [0.1, 0.15) is 5.75 Å². The summed E-state index contributed by atoms with van der Waals surface area (Å²) < 4.78 is 6.63. The normalized spacial score (nSPS) is 10.2. The van der Waals surface area contributed by atoms with Gasteiger partial charge in [0.25, 0.3) is 0 Å². The average Bonchev–Trinajstić information content (AvgIpc) is 2.50. The van der Waals surface area contributed by atoms with Crippen molar-refractivity contribution < 1.29 is 4.74 Å². The summed E-state index contributed by atoms with van der Waals surface area (Å²) in [5.74, 6) is 0.857. The summed E-state index contributed by atoms with van der Waals surface area (Å²) in [7, 11) is 0. The molecule has 0 aliphatic carbocycles. The fraction of sp³-hybridized carbons (Fsp3) is 0.167. The van der Waals surface area contributed by atoms with Crippen LogP contribution in [0.15, 0.2) is 53.0 Å². The minimum absolute atomic E-state index is 0. The van der Waals surface area contributed by atoms with Crippen LogP contribution in [-0.2, 0) is 0 Å². The van der Waals surface area contributed by atoms with Gasteiger partial charge in [0.05, 0.1) is 17.8 Å². The number of hydrogen-bond donors (Lipinski definition) is 1. The van der Waals surface area contributed by atoms with E-state index in [1.807, 2.05) is 56.3 Å². The summed E-state index contributed by atoms with van der Waals surface area (Å²) >= 11 is 3.57. The second kappa shape index (κ2) is 7.66. The highest BCUT2D eigenvalue weighted by molar-refractivity contribution is 9.10. The SMILES string of the molecule is CCOc1ccc2nc(C)cc(Nc3ccccc3Br)c2c1.Cl. The van der Waals surface area contributed by atoms with Gasteiger partial charge in [0, 0.05) is 21.2 Å². The van der Waals surface area contributed by atoms with Gasteiger partial charge in [-0.15, -0.1) is 12.4 Å². The Kier molecular flexibility index (Phi) is 5.85. The van der Waals surface area contributed by atoms with Crippen molar-refractivity contribution in [3.8, 4) is 5.75 Å². The molecule has 120 valence electrons. The van der Waals surface area contributed by atoms with Gasteiger partial charge in [-0.25, -0.2) is 0 Å². The number of ether oxygens (including phenoxy) is 1. The molecule has 0 atom stereocenters. The van der Waals surface area contributed by atoms with E-state index in [9.17, 15) is 0 Å². The van der Waals surface area contributed by atoms with Crippen molar-refractivity contribution in [2.75, 3.05) is 11.9 Å². The number of halogens is 2. The van der Waals surface area contributed by atoms with Crippen LogP contribution in [0.5, 0.6) is 5.75 Å². The fourth-order valence-corrected chi connectivity index (χ4v) is 2.79. The molecule has 5 heteroatoms. The van der Waals surface area contributed by atoms with E-state index in [0.29, 0.717) is 6.61 Å². The molecular formula is C18H18BrClN2O. The third-order valence-electron chi connectivity index (χ3n) is 3.36. The Bertz CT molecular complexity index is 823. The number of nitrogens with one attached hydrogen (secondary N) is 1. The van der Waals surface area contributed by atoms with Gasteiger partial charge in [-0.05, 0) is 66.2 Å². The first kappa shape index (κ1) is 17.6. The highest BCUT2D eigenvalue weighted by Crippen LogP contribution is 2.32. The van der Waals surface area contributed by atoms with Crippen LogP contribution in [0, 0.1) is 6.92 Å². The predicted molar refractivity (Wildman–Crippen MR) is 102 cm³/mol. The first-order chi connectivity index (χ1) is 10.7. The van der Waals surface area contributed by atoms with Crippen LogP contribution in [0.1, 0.15) is 12.6 Å². The lowest BCUT2D eigenvalue weighted by Crippen LogP contribution is -1.97. The van der Waals surface area contributed by atoms with Crippen LogP contribution in [0.2, 0.25) is 0 Å². The van der Waals surface area contributed by atoms with Gasteiger partial charge < -0.3 is 10.1 Å². The Morgan fingerprint density at radius 3 is 2.61 bits per heavy atom. The summed E-state index contributed by atoms with van der Waals surface area (Å²) in [5, 5.41) is 4.53. The molecule has 3 aromatic rings. The van der Waals surface area contributed by atoms with Crippen molar-refractivity contribution >= 4 is 50.6 Å². The van der Waals surface area contributed by atoms with Gasteiger partial charge in [-0.3, -0.25) is 4.98 Å². The molecule has 3 rings (SSSR count). The van der Waals surface area contributed by atoms with E-state index in [1.54, 1.807) is 0 Å². The topological polar surface area (TPSA) is 34.1 Å². The number of aryl methyl sites for hydroxylation is 1. The number of hydrogen-bond acceptors (Lipinski definition) is 3. The average molecular weight is 394 g/mol. The number of para-hydroxylation sites is 1. The smallest absolute Gasteiger partial charge is 0.120 e. The maximum absolute atomic E-state index is 5.61. The Morgan fingerprint density at radius 1 is 1.09 bits per heavy atom. The van der Waals surface area contributed by atoms with E-state index < -0.39 is 0 Å². The van der Waals surface area contributed by atoms with Crippen molar-refractivity contribution in [1.82, 2.24) is 4.98 Å². The Hall–Kier alpha value is -1.78. The summed E-state index contributed by atoms with van der Waals surface area (Å²) in [4.78, 5) is 4.59. The van der Waals surface area contributed by atoms with Gasteiger partial charge >= 0.3 is 0 Å². The van der Waals surface area contributed by atoms with Crippen LogP contribution in [0.25, 0.3) is 10.9 Å². The Morgan fingerprint density at radius 2 is 1.87 bits per heavy atom. The summed E-state index contributed by atoms with van der Waals surface area (Å²) in [5.41, 5.74) is 3.98. The number of aromatic nitrogens is 1. The summed E-state index contributed by atoms with van der Waals surface area (Å²) in [6, 6.07) is 16.1. The van der Waals surface area contributed by atoms with Crippen molar-refractivity contribution in [2.45, 2.75) is 13.8 Å². The Labute approximate surface area is 150 Å². The zero-order valence-corrected chi connectivity index (χ0v) is 15.4. The molecule has 0 amide bonds.